The number of rotatable bonds is 7. The molecule has 0 bridgehead atoms. The fourth-order valence-corrected chi connectivity index (χ4v) is 4.42. The monoisotopic (exact) mass is 443 g/mol. The molecule has 3 aromatic heterocycles. The Morgan fingerprint density at radius 3 is 2.70 bits per heavy atom. The molecule has 4 aromatic rings. The number of carbonyl (C=O) groups excluding carboxylic acids is 1. The number of benzene rings is 1. The van der Waals surface area contributed by atoms with Crippen LogP contribution in [0.15, 0.2) is 55.0 Å². The van der Waals surface area contributed by atoms with Crippen LogP contribution in [0.4, 0.5) is 5.95 Å². The molecule has 0 radical (unpaired) electrons. The minimum absolute atomic E-state index is 0.0540. The van der Waals surface area contributed by atoms with Crippen LogP contribution in [0.1, 0.15) is 61.5 Å². The van der Waals surface area contributed by atoms with Gasteiger partial charge in [0.2, 0.25) is 5.95 Å². The highest BCUT2D eigenvalue weighted by molar-refractivity contribution is 6.01. The molecule has 0 spiro atoms. The third-order valence-corrected chi connectivity index (χ3v) is 6.64. The lowest BCUT2D eigenvalue weighted by Gasteiger charge is -2.34. The number of aromatic nitrogens is 5. The van der Waals surface area contributed by atoms with E-state index in [-0.39, 0.29) is 23.9 Å². The summed E-state index contributed by atoms with van der Waals surface area (Å²) in [5, 5.41) is 12.0. The van der Waals surface area contributed by atoms with Crippen molar-refractivity contribution < 1.29 is 4.79 Å². The number of pyridine rings is 1. The zero-order valence-electron chi connectivity index (χ0n) is 19.0. The number of nitrogens with zero attached hydrogens (tertiary/aromatic N) is 5. The highest BCUT2D eigenvalue weighted by atomic mass is 16.1. The highest BCUT2D eigenvalue weighted by Gasteiger charge is 2.30. The molecule has 1 fully saturated rings. The molecule has 1 aromatic carbocycles. The number of anilines is 1. The minimum atomic E-state index is -0.187. The van der Waals surface area contributed by atoms with Crippen LogP contribution in [0.3, 0.4) is 0 Å². The average Bonchev–Trinajstić information content (AvgIpc) is 3.41. The summed E-state index contributed by atoms with van der Waals surface area (Å²) in [6.45, 7) is 4.01. The van der Waals surface area contributed by atoms with Crippen molar-refractivity contribution in [3.63, 3.8) is 0 Å². The summed E-state index contributed by atoms with van der Waals surface area (Å²) in [7, 11) is 0. The van der Waals surface area contributed by atoms with E-state index in [0.29, 0.717) is 17.1 Å². The number of nitrogens with two attached hydrogens (primary N) is 1. The van der Waals surface area contributed by atoms with E-state index in [1.807, 2.05) is 38.4 Å². The van der Waals surface area contributed by atoms with Crippen LogP contribution >= 0.6 is 0 Å². The summed E-state index contributed by atoms with van der Waals surface area (Å²) < 4.78 is 3.64. The van der Waals surface area contributed by atoms with E-state index in [1.54, 1.807) is 4.52 Å². The van der Waals surface area contributed by atoms with Gasteiger partial charge in [-0.2, -0.15) is 10.1 Å². The maximum Gasteiger partial charge on any atom is 0.255 e. The van der Waals surface area contributed by atoms with E-state index in [1.165, 1.54) is 24.8 Å². The first kappa shape index (κ1) is 21.2. The Morgan fingerprint density at radius 2 is 2.00 bits per heavy atom. The van der Waals surface area contributed by atoms with Crippen molar-refractivity contribution in [3.8, 4) is 11.1 Å². The third kappa shape index (κ3) is 4.08. The predicted octanol–water partition coefficient (Wildman–Crippen LogP) is 4.09. The second-order valence-electron chi connectivity index (χ2n) is 8.92. The molecule has 1 saturated carbocycles. The second-order valence-corrected chi connectivity index (χ2v) is 8.92. The fourth-order valence-electron chi connectivity index (χ4n) is 4.42. The van der Waals surface area contributed by atoms with E-state index in [0.717, 1.165) is 17.5 Å². The Kier molecular flexibility index (Phi) is 5.58. The van der Waals surface area contributed by atoms with Crippen LogP contribution in [0.2, 0.25) is 0 Å². The molecule has 1 aliphatic rings. The normalized spacial score (nSPS) is 15.8. The fraction of sp³-hybridized carbons (Fsp3) is 0.360. The van der Waals surface area contributed by atoms with Crippen molar-refractivity contribution >= 4 is 17.5 Å². The molecule has 1 unspecified atom stereocenters. The molecule has 1 amide bonds. The molecular weight excluding hydrogens is 414 g/mol. The van der Waals surface area contributed by atoms with E-state index in [2.05, 4.69) is 50.5 Å². The molecule has 8 heteroatoms. The molecule has 2 atom stereocenters. The number of amides is 1. The largest absolute Gasteiger partial charge is 0.366 e. The van der Waals surface area contributed by atoms with Crippen molar-refractivity contribution in [3.05, 3.63) is 66.1 Å². The lowest BCUT2D eigenvalue weighted by Crippen LogP contribution is -2.32. The quantitative estimate of drug-likeness (QED) is 0.448. The van der Waals surface area contributed by atoms with Gasteiger partial charge in [-0.05, 0) is 43.7 Å². The number of carbonyl (C=O) groups is 1. The molecular formula is C25H29N7O. The van der Waals surface area contributed by atoms with Gasteiger partial charge in [-0.15, -0.1) is 5.10 Å². The summed E-state index contributed by atoms with van der Waals surface area (Å²) >= 11 is 0. The first-order valence-corrected chi connectivity index (χ1v) is 11.6. The Bertz CT molecular complexity index is 1270. The van der Waals surface area contributed by atoms with Crippen LogP contribution < -0.4 is 11.1 Å². The lowest BCUT2D eigenvalue weighted by molar-refractivity contribution is 0.0940. The predicted molar refractivity (Wildman–Crippen MR) is 128 cm³/mol. The van der Waals surface area contributed by atoms with Gasteiger partial charge < -0.3 is 11.1 Å². The summed E-state index contributed by atoms with van der Waals surface area (Å²) in [5.74, 6) is 0.525. The van der Waals surface area contributed by atoms with E-state index in [9.17, 15) is 4.79 Å². The molecule has 5 rings (SSSR count). The van der Waals surface area contributed by atoms with Gasteiger partial charge in [0.1, 0.15) is 0 Å². The van der Waals surface area contributed by atoms with Crippen LogP contribution in [-0.4, -0.2) is 36.3 Å². The van der Waals surface area contributed by atoms with Gasteiger partial charge in [0.15, 0.2) is 5.65 Å². The molecule has 3 N–H and O–H groups in total. The van der Waals surface area contributed by atoms with Crippen molar-refractivity contribution in [1.82, 2.24) is 29.7 Å². The summed E-state index contributed by atoms with van der Waals surface area (Å²) in [5.41, 5.74) is 9.77. The van der Waals surface area contributed by atoms with Crippen molar-refractivity contribution in [2.24, 2.45) is 5.92 Å². The molecule has 0 saturated heterocycles. The molecule has 1 aliphatic carbocycles. The average molecular weight is 444 g/mol. The maximum absolute atomic E-state index is 13.0. The van der Waals surface area contributed by atoms with Gasteiger partial charge in [0, 0.05) is 29.6 Å². The number of nitrogen functional groups attached to an aromatic ring is 1. The van der Waals surface area contributed by atoms with Gasteiger partial charge in [0.05, 0.1) is 17.8 Å². The Hall–Kier alpha value is -3.68. The van der Waals surface area contributed by atoms with Crippen molar-refractivity contribution in [1.29, 1.82) is 0 Å². The number of fused-ring (bicyclic) bond motifs is 1. The van der Waals surface area contributed by atoms with Gasteiger partial charge in [0.25, 0.3) is 5.91 Å². The van der Waals surface area contributed by atoms with Crippen molar-refractivity contribution in [2.75, 3.05) is 5.73 Å². The molecule has 33 heavy (non-hydrogen) atoms. The van der Waals surface area contributed by atoms with Crippen LogP contribution in [0.25, 0.3) is 16.8 Å². The van der Waals surface area contributed by atoms with Gasteiger partial charge in [-0.1, -0.05) is 43.7 Å². The van der Waals surface area contributed by atoms with E-state index >= 15 is 0 Å². The second kappa shape index (κ2) is 8.69. The van der Waals surface area contributed by atoms with Crippen LogP contribution in [0.5, 0.6) is 0 Å². The number of hydrogen-bond acceptors (Lipinski definition) is 5. The molecule has 0 aliphatic heterocycles. The van der Waals surface area contributed by atoms with Crippen LogP contribution in [-0.2, 0) is 0 Å². The van der Waals surface area contributed by atoms with E-state index in [4.69, 9.17) is 10.8 Å². The lowest BCUT2D eigenvalue weighted by atomic mass is 9.77. The minimum Gasteiger partial charge on any atom is -0.366 e. The number of hydrogen-bond donors (Lipinski definition) is 2. The summed E-state index contributed by atoms with van der Waals surface area (Å²) in [6.07, 6.45) is 10.3. The Balaban J connectivity index is 1.54. The van der Waals surface area contributed by atoms with Gasteiger partial charge in [-0.3, -0.25) is 9.48 Å². The smallest absolute Gasteiger partial charge is 0.255 e. The van der Waals surface area contributed by atoms with Gasteiger partial charge >= 0.3 is 0 Å². The molecule has 8 nitrogen and oxygen atoms in total. The summed E-state index contributed by atoms with van der Waals surface area (Å²) in [6, 6.07) is 12.7. The third-order valence-electron chi connectivity index (χ3n) is 6.64. The standard InChI is InChI=1S/C25H29N7O/c1-3-16(2)28-24(33)21-12-19(14-32-23(21)29-25(26)30-32)20-13-27-31(15-20)22(18-10-7-11-18)17-8-5-4-6-9-17/h4-6,8-9,12-16,18,22H,3,7,10-11H2,1-2H3,(H2,26,30)(H,28,33)/t16-,22?/m0/s1. The van der Waals surface area contributed by atoms with Crippen LogP contribution in [0, 0.1) is 5.92 Å². The first-order valence-electron chi connectivity index (χ1n) is 11.6. The van der Waals surface area contributed by atoms with Crippen molar-refractivity contribution in [2.45, 2.75) is 51.6 Å². The SMILES string of the molecule is CC[C@H](C)NC(=O)c1cc(-c2cnn(C(c3ccccc3)C3CCC3)c2)cn2nc(N)nc12. The molecule has 170 valence electrons. The Labute approximate surface area is 192 Å². The Morgan fingerprint density at radius 1 is 1.21 bits per heavy atom. The highest BCUT2D eigenvalue weighted by Crippen LogP contribution is 2.40. The van der Waals surface area contributed by atoms with Gasteiger partial charge in [-0.25, -0.2) is 4.52 Å². The number of nitrogens with one attached hydrogen (secondary N) is 1. The zero-order chi connectivity index (χ0) is 22.9. The first-order chi connectivity index (χ1) is 16.0. The maximum atomic E-state index is 13.0. The zero-order valence-corrected chi connectivity index (χ0v) is 19.0. The topological polar surface area (TPSA) is 103 Å². The molecule has 3 heterocycles. The van der Waals surface area contributed by atoms with E-state index < -0.39 is 0 Å². The summed E-state index contributed by atoms with van der Waals surface area (Å²) in [4.78, 5) is 17.3.